The fraction of sp³-hybridized carbons (Fsp3) is 0.450. The van der Waals surface area contributed by atoms with Crippen molar-refractivity contribution in [3.8, 4) is 5.69 Å². The maximum atomic E-state index is 13.3. The summed E-state index contributed by atoms with van der Waals surface area (Å²) in [5.41, 5.74) is -2.79. The van der Waals surface area contributed by atoms with Crippen LogP contribution in [0, 0.1) is 0 Å². The van der Waals surface area contributed by atoms with Crippen LogP contribution in [0.2, 0.25) is 10.0 Å². The van der Waals surface area contributed by atoms with E-state index in [9.17, 15) is 39.6 Å². The van der Waals surface area contributed by atoms with E-state index in [2.05, 4.69) is 19.8 Å². The molecule has 0 bridgehead atoms. The lowest BCUT2D eigenvalue weighted by atomic mass is 10.2. The number of amides is 2. The predicted molar refractivity (Wildman–Crippen MR) is 131 cm³/mol. The Hall–Kier alpha value is -3.00. The van der Waals surface area contributed by atoms with Crippen LogP contribution in [0.4, 0.5) is 37.0 Å². The molecule has 1 aromatic heterocycles. The van der Waals surface area contributed by atoms with Crippen LogP contribution in [0.1, 0.15) is 25.1 Å². The minimum absolute atomic E-state index is 0.441. The number of oxime groups is 1. The Morgan fingerprint density at radius 3 is 2.24 bits per heavy atom. The number of carbonyl (C=O) groups is 1. The fourth-order valence-corrected chi connectivity index (χ4v) is 5.04. The summed E-state index contributed by atoms with van der Waals surface area (Å²) in [5.74, 6) is -1.51. The van der Waals surface area contributed by atoms with Crippen molar-refractivity contribution in [3.63, 3.8) is 0 Å². The lowest BCUT2D eigenvalue weighted by molar-refractivity contribution is -0.271. The smallest absolute Gasteiger partial charge is 0.371 e. The zero-order valence-electron chi connectivity index (χ0n) is 21.3. The third kappa shape index (κ3) is 7.26. The standard InChI is InChI=1S/C20H20Cl2F6N6O6S/c1-9(2)38-7-29-17-15(41(36,37)40-20(26,27)28)13(16-31-39-8-33(16)18(35)32(3)4)30-34(17)14-11(21)5-10(6-12(14)22)19(23,24)25/h5-6,9,29H,7-8H2,1-4H3. The van der Waals surface area contributed by atoms with E-state index in [4.69, 9.17) is 32.8 Å². The van der Waals surface area contributed by atoms with Crippen molar-refractivity contribution in [2.75, 3.05) is 32.9 Å². The summed E-state index contributed by atoms with van der Waals surface area (Å²) in [5, 5.41) is 8.48. The van der Waals surface area contributed by atoms with Crippen molar-refractivity contribution < 1.29 is 53.3 Å². The fourth-order valence-electron chi connectivity index (χ4n) is 3.29. The number of hydrogen-bond acceptors (Lipinski definition) is 9. The molecule has 1 aromatic carbocycles. The van der Waals surface area contributed by atoms with Gasteiger partial charge < -0.3 is 19.8 Å². The molecule has 0 spiro atoms. The molecule has 0 fully saturated rings. The highest BCUT2D eigenvalue weighted by atomic mass is 35.5. The summed E-state index contributed by atoms with van der Waals surface area (Å²) >= 11 is 12.2. The Kier molecular flexibility index (Phi) is 9.28. The molecule has 0 radical (unpaired) electrons. The summed E-state index contributed by atoms with van der Waals surface area (Å²) < 4.78 is 115. The molecule has 0 atom stereocenters. The Morgan fingerprint density at radius 2 is 1.76 bits per heavy atom. The highest BCUT2D eigenvalue weighted by Crippen LogP contribution is 2.41. The number of carbonyl (C=O) groups excluding carboxylic acids is 1. The number of hydrogen-bond donors (Lipinski definition) is 1. The largest absolute Gasteiger partial charge is 0.537 e. The first-order valence-electron chi connectivity index (χ1n) is 11.0. The zero-order chi connectivity index (χ0) is 31.1. The van der Waals surface area contributed by atoms with Crippen molar-refractivity contribution >= 4 is 51.0 Å². The highest BCUT2D eigenvalue weighted by molar-refractivity contribution is 7.87. The second-order valence-electron chi connectivity index (χ2n) is 8.52. The first kappa shape index (κ1) is 32.5. The summed E-state index contributed by atoms with van der Waals surface area (Å²) in [7, 11) is -3.25. The number of aromatic nitrogens is 2. The number of halogens is 8. The Labute approximate surface area is 238 Å². The van der Waals surface area contributed by atoms with Crippen molar-refractivity contribution in [3.05, 3.63) is 33.4 Å². The van der Waals surface area contributed by atoms with Crippen molar-refractivity contribution in [1.29, 1.82) is 0 Å². The van der Waals surface area contributed by atoms with Gasteiger partial charge in [0.05, 0.1) is 21.7 Å². The van der Waals surface area contributed by atoms with Crippen LogP contribution in [0.15, 0.2) is 22.2 Å². The SMILES string of the molecule is CC(C)OCNc1c(S(=O)(=O)OC(F)(F)F)c(C2=NOCN2C(=O)N(C)C)nn1-c1c(Cl)cc(C(F)(F)F)cc1Cl. The Morgan fingerprint density at radius 1 is 1.17 bits per heavy atom. The molecule has 0 saturated carbocycles. The minimum Gasteiger partial charge on any atom is -0.371 e. The van der Waals surface area contributed by atoms with E-state index >= 15 is 0 Å². The van der Waals surface area contributed by atoms with E-state index in [0.29, 0.717) is 16.8 Å². The molecule has 2 amide bonds. The van der Waals surface area contributed by atoms with Gasteiger partial charge in [-0.25, -0.2) is 14.4 Å². The average Bonchev–Trinajstić information content (AvgIpc) is 3.41. The van der Waals surface area contributed by atoms with Gasteiger partial charge in [0.2, 0.25) is 5.84 Å². The maximum absolute atomic E-state index is 13.3. The second kappa shape index (κ2) is 11.7. The number of benzene rings is 1. The van der Waals surface area contributed by atoms with Crippen molar-refractivity contribution in [1.82, 2.24) is 19.6 Å². The van der Waals surface area contributed by atoms with Gasteiger partial charge in [-0.3, -0.25) is 0 Å². The summed E-state index contributed by atoms with van der Waals surface area (Å²) in [6, 6.07) is 0.0349. The maximum Gasteiger partial charge on any atom is 0.537 e. The van der Waals surface area contributed by atoms with Crippen LogP contribution in [-0.4, -0.2) is 79.9 Å². The monoisotopic (exact) mass is 656 g/mol. The van der Waals surface area contributed by atoms with Gasteiger partial charge in [-0.1, -0.05) is 28.4 Å². The van der Waals surface area contributed by atoms with Crippen molar-refractivity contribution in [2.24, 2.45) is 5.16 Å². The summed E-state index contributed by atoms with van der Waals surface area (Å²) in [6.45, 7) is 2.00. The first-order chi connectivity index (χ1) is 18.7. The third-order valence-corrected chi connectivity index (χ3v) is 6.80. The van der Waals surface area contributed by atoms with Gasteiger partial charge in [-0.2, -0.15) is 30.9 Å². The number of alkyl halides is 6. The highest BCUT2D eigenvalue weighted by Gasteiger charge is 2.45. The van der Waals surface area contributed by atoms with Gasteiger partial charge in [0, 0.05) is 14.1 Å². The van der Waals surface area contributed by atoms with E-state index < -0.39 is 91.8 Å². The molecule has 1 aliphatic rings. The molecular weight excluding hydrogens is 637 g/mol. The van der Waals surface area contributed by atoms with Gasteiger partial charge in [0.15, 0.2) is 23.1 Å². The van der Waals surface area contributed by atoms with E-state index in [1.807, 2.05) is 0 Å². The summed E-state index contributed by atoms with van der Waals surface area (Å²) in [4.78, 5) is 18.0. The van der Waals surface area contributed by atoms with Crippen LogP contribution in [0.5, 0.6) is 0 Å². The molecule has 12 nitrogen and oxygen atoms in total. The lowest BCUT2D eigenvalue weighted by Gasteiger charge is -2.20. The van der Waals surface area contributed by atoms with Crippen LogP contribution in [-0.2, 0) is 30.1 Å². The molecule has 228 valence electrons. The molecule has 3 rings (SSSR count). The Bertz CT molecular complexity index is 1440. The van der Waals surface area contributed by atoms with Gasteiger partial charge in [-0.05, 0) is 26.0 Å². The molecular formula is C20H20Cl2F6N6O6S. The molecule has 21 heteroatoms. The number of nitrogens with zero attached hydrogens (tertiary/aromatic N) is 5. The number of amidine groups is 1. The molecule has 1 aliphatic heterocycles. The van der Waals surface area contributed by atoms with E-state index in [-0.39, 0.29) is 0 Å². The average molecular weight is 657 g/mol. The molecule has 41 heavy (non-hydrogen) atoms. The molecule has 1 N–H and O–H groups in total. The normalized spacial score (nSPS) is 14.4. The lowest BCUT2D eigenvalue weighted by Crippen LogP contribution is -2.42. The van der Waals surface area contributed by atoms with Crippen molar-refractivity contribution in [2.45, 2.75) is 37.4 Å². The van der Waals surface area contributed by atoms with Crippen LogP contribution < -0.4 is 5.32 Å². The number of rotatable bonds is 8. The third-order valence-electron chi connectivity index (χ3n) is 4.93. The molecule has 2 aromatic rings. The number of anilines is 1. The first-order valence-corrected chi connectivity index (χ1v) is 13.2. The topological polar surface area (TPSA) is 128 Å². The second-order valence-corrected chi connectivity index (χ2v) is 10.8. The number of urea groups is 1. The molecule has 0 saturated heterocycles. The van der Waals surface area contributed by atoms with Gasteiger partial charge >= 0.3 is 28.7 Å². The predicted octanol–water partition coefficient (Wildman–Crippen LogP) is 4.85. The molecule has 0 aliphatic carbocycles. The summed E-state index contributed by atoms with van der Waals surface area (Å²) in [6.07, 6.45) is -11.1. The van der Waals surface area contributed by atoms with E-state index in [1.54, 1.807) is 13.8 Å². The van der Waals surface area contributed by atoms with Crippen LogP contribution >= 0.6 is 23.2 Å². The zero-order valence-corrected chi connectivity index (χ0v) is 23.6. The van der Waals surface area contributed by atoms with Gasteiger partial charge in [-0.15, -0.1) is 13.2 Å². The number of ether oxygens (including phenoxy) is 1. The van der Waals surface area contributed by atoms with E-state index in [0.717, 1.165) is 9.80 Å². The van der Waals surface area contributed by atoms with Crippen LogP contribution in [0.3, 0.4) is 0 Å². The number of nitrogens with one attached hydrogen (secondary N) is 1. The van der Waals surface area contributed by atoms with Crippen LogP contribution in [0.25, 0.3) is 5.69 Å². The van der Waals surface area contributed by atoms with Gasteiger partial charge in [0.1, 0.15) is 12.4 Å². The van der Waals surface area contributed by atoms with E-state index in [1.165, 1.54) is 14.1 Å². The van der Waals surface area contributed by atoms with Gasteiger partial charge in [0.25, 0.3) is 0 Å². The minimum atomic E-state index is -5.86. The molecule has 2 heterocycles. The molecule has 0 unspecified atom stereocenters. The quantitative estimate of drug-likeness (QED) is 0.243. The Balaban J connectivity index is 2.41.